The molecule has 0 unspecified atom stereocenters. The number of fused-ring (bicyclic) bond motifs is 2. The summed E-state index contributed by atoms with van der Waals surface area (Å²) in [6.07, 6.45) is 1.87. The van der Waals surface area contributed by atoms with Crippen molar-refractivity contribution in [3.05, 3.63) is 46.4 Å². The van der Waals surface area contributed by atoms with E-state index in [4.69, 9.17) is 4.42 Å². The van der Waals surface area contributed by atoms with E-state index in [9.17, 15) is 4.79 Å². The molecule has 3 aromatic rings. The van der Waals surface area contributed by atoms with E-state index in [0.717, 1.165) is 21.9 Å². The Morgan fingerprint density at radius 1 is 1.27 bits per heavy atom. The van der Waals surface area contributed by atoms with Gasteiger partial charge in [0.2, 0.25) is 0 Å². The molecule has 3 heteroatoms. The van der Waals surface area contributed by atoms with Crippen molar-refractivity contribution in [1.29, 1.82) is 0 Å². The van der Waals surface area contributed by atoms with Gasteiger partial charge < -0.3 is 9.40 Å². The Hall–Kier alpha value is -2.03. The molecule has 1 aromatic carbocycles. The average molecular weight is 199 g/mol. The van der Waals surface area contributed by atoms with Crippen LogP contribution in [0.1, 0.15) is 5.56 Å². The summed E-state index contributed by atoms with van der Waals surface area (Å²) in [5.41, 5.74) is 2.27. The first kappa shape index (κ1) is 8.29. The number of aromatic nitrogens is 1. The fourth-order valence-electron chi connectivity index (χ4n) is 1.87. The minimum absolute atomic E-state index is 0.300. The van der Waals surface area contributed by atoms with Crippen LogP contribution in [-0.4, -0.2) is 4.98 Å². The van der Waals surface area contributed by atoms with Crippen molar-refractivity contribution in [1.82, 2.24) is 4.98 Å². The molecule has 3 rings (SSSR count). The highest BCUT2D eigenvalue weighted by molar-refractivity contribution is 5.95. The van der Waals surface area contributed by atoms with Crippen LogP contribution in [-0.2, 0) is 0 Å². The lowest BCUT2D eigenvalue weighted by molar-refractivity contribution is 0.560. The van der Waals surface area contributed by atoms with Crippen LogP contribution in [0.5, 0.6) is 0 Å². The number of benzene rings is 1. The molecule has 0 saturated carbocycles. The highest BCUT2D eigenvalue weighted by Crippen LogP contribution is 2.22. The van der Waals surface area contributed by atoms with Crippen molar-refractivity contribution < 1.29 is 4.42 Å². The summed E-state index contributed by atoms with van der Waals surface area (Å²) in [4.78, 5) is 14.3. The van der Waals surface area contributed by atoms with E-state index >= 15 is 0 Å². The van der Waals surface area contributed by atoms with Crippen molar-refractivity contribution in [2.75, 3.05) is 0 Å². The molecule has 0 fully saturated rings. The van der Waals surface area contributed by atoms with E-state index < -0.39 is 0 Å². The van der Waals surface area contributed by atoms with Crippen LogP contribution in [0, 0.1) is 6.92 Å². The fourth-order valence-corrected chi connectivity index (χ4v) is 1.87. The minimum Gasteiger partial charge on any atom is -0.423 e. The molecule has 15 heavy (non-hydrogen) atoms. The molecule has 0 bridgehead atoms. The summed E-state index contributed by atoms with van der Waals surface area (Å²) in [5, 5.41) is 2.11. The molecule has 0 radical (unpaired) electrons. The SMILES string of the molecule is Cc1cc(=O)oc2cc3[nH]ccc3cc12. The number of aromatic amines is 1. The quantitative estimate of drug-likeness (QED) is 0.565. The zero-order valence-corrected chi connectivity index (χ0v) is 8.20. The van der Waals surface area contributed by atoms with Gasteiger partial charge >= 0.3 is 5.63 Å². The van der Waals surface area contributed by atoms with Crippen molar-refractivity contribution in [2.24, 2.45) is 0 Å². The van der Waals surface area contributed by atoms with Gasteiger partial charge in [0.05, 0.1) is 0 Å². The molecule has 0 atom stereocenters. The molecule has 3 nitrogen and oxygen atoms in total. The van der Waals surface area contributed by atoms with E-state index in [1.165, 1.54) is 6.07 Å². The molecule has 74 valence electrons. The van der Waals surface area contributed by atoms with Gasteiger partial charge in [-0.1, -0.05) is 0 Å². The van der Waals surface area contributed by atoms with E-state index in [0.29, 0.717) is 5.58 Å². The summed E-state index contributed by atoms with van der Waals surface area (Å²) in [5.74, 6) is 0. The zero-order valence-electron chi connectivity index (χ0n) is 8.20. The number of H-pyrrole nitrogens is 1. The third kappa shape index (κ3) is 1.16. The predicted octanol–water partition coefficient (Wildman–Crippen LogP) is 2.58. The summed E-state index contributed by atoms with van der Waals surface area (Å²) < 4.78 is 5.14. The Morgan fingerprint density at radius 2 is 2.13 bits per heavy atom. The van der Waals surface area contributed by atoms with Gasteiger partial charge in [-0.2, -0.15) is 0 Å². The number of hydrogen-bond acceptors (Lipinski definition) is 2. The van der Waals surface area contributed by atoms with Crippen molar-refractivity contribution in [3.63, 3.8) is 0 Å². The van der Waals surface area contributed by atoms with E-state index in [-0.39, 0.29) is 5.63 Å². The lowest BCUT2D eigenvalue weighted by Crippen LogP contribution is -1.97. The molecular formula is C12H9NO2. The van der Waals surface area contributed by atoms with E-state index in [1.807, 2.05) is 31.3 Å². The monoisotopic (exact) mass is 199 g/mol. The van der Waals surface area contributed by atoms with Crippen LogP contribution in [0.15, 0.2) is 39.7 Å². The molecule has 1 N–H and O–H groups in total. The second-order valence-electron chi connectivity index (χ2n) is 3.66. The third-order valence-electron chi connectivity index (χ3n) is 2.62. The molecule has 2 aromatic heterocycles. The maximum Gasteiger partial charge on any atom is 0.336 e. The van der Waals surface area contributed by atoms with Crippen molar-refractivity contribution in [2.45, 2.75) is 6.92 Å². The van der Waals surface area contributed by atoms with Gasteiger partial charge in [-0.15, -0.1) is 0 Å². The number of aryl methyl sites for hydroxylation is 1. The van der Waals surface area contributed by atoms with Gasteiger partial charge in [-0.3, -0.25) is 0 Å². The molecule has 0 spiro atoms. The van der Waals surface area contributed by atoms with Crippen LogP contribution in [0.25, 0.3) is 21.9 Å². The summed E-state index contributed by atoms with van der Waals surface area (Å²) in [6, 6.07) is 7.40. The Morgan fingerprint density at radius 3 is 3.00 bits per heavy atom. The fraction of sp³-hybridized carbons (Fsp3) is 0.0833. The topological polar surface area (TPSA) is 46.0 Å². The van der Waals surface area contributed by atoms with Crippen LogP contribution < -0.4 is 5.63 Å². The lowest BCUT2D eigenvalue weighted by Gasteiger charge is -2.00. The molecule has 0 aliphatic heterocycles. The molecule has 0 saturated heterocycles. The Bertz CT molecular complexity index is 706. The number of nitrogens with one attached hydrogen (secondary N) is 1. The summed E-state index contributed by atoms with van der Waals surface area (Å²) >= 11 is 0. The summed E-state index contributed by atoms with van der Waals surface area (Å²) in [6.45, 7) is 1.91. The molecule has 0 aliphatic carbocycles. The van der Waals surface area contributed by atoms with Gasteiger partial charge in [0.15, 0.2) is 0 Å². The first-order valence-corrected chi connectivity index (χ1v) is 4.76. The van der Waals surface area contributed by atoms with Gasteiger partial charge in [0.25, 0.3) is 0 Å². The first-order chi connectivity index (χ1) is 7.24. The van der Waals surface area contributed by atoms with Crippen LogP contribution in [0.2, 0.25) is 0 Å². The van der Waals surface area contributed by atoms with Gasteiger partial charge in [-0.05, 0) is 24.6 Å². The molecular weight excluding hydrogens is 190 g/mol. The predicted molar refractivity (Wildman–Crippen MR) is 59.1 cm³/mol. The molecule has 0 amide bonds. The second kappa shape index (κ2) is 2.73. The van der Waals surface area contributed by atoms with Crippen LogP contribution in [0.3, 0.4) is 0 Å². The Labute approximate surface area is 85.3 Å². The van der Waals surface area contributed by atoms with Crippen molar-refractivity contribution in [3.8, 4) is 0 Å². The second-order valence-corrected chi connectivity index (χ2v) is 3.66. The minimum atomic E-state index is -0.300. The zero-order chi connectivity index (χ0) is 10.4. The maximum absolute atomic E-state index is 11.2. The smallest absolute Gasteiger partial charge is 0.336 e. The van der Waals surface area contributed by atoms with Gasteiger partial charge in [0.1, 0.15) is 5.58 Å². The molecule has 2 heterocycles. The van der Waals surface area contributed by atoms with Crippen molar-refractivity contribution >= 4 is 21.9 Å². The standard InChI is InChI=1S/C12H9NO2/c1-7-4-12(14)15-11-6-10-8(2-3-13-10)5-9(7)11/h2-6,13H,1H3. The van der Waals surface area contributed by atoms with Gasteiger partial charge in [-0.25, -0.2) is 4.79 Å². The van der Waals surface area contributed by atoms with E-state index in [2.05, 4.69) is 4.98 Å². The lowest BCUT2D eigenvalue weighted by atomic mass is 10.1. The Kier molecular flexibility index (Phi) is 1.51. The number of rotatable bonds is 0. The van der Waals surface area contributed by atoms with Crippen LogP contribution in [0.4, 0.5) is 0 Å². The normalized spacial score (nSPS) is 11.3. The highest BCUT2D eigenvalue weighted by Gasteiger charge is 2.04. The molecule has 0 aliphatic rings. The third-order valence-corrected chi connectivity index (χ3v) is 2.62. The van der Waals surface area contributed by atoms with Gasteiger partial charge in [0, 0.05) is 34.6 Å². The Balaban J connectivity index is 2.59. The largest absolute Gasteiger partial charge is 0.423 e. The van der Waals surface area contributed by atoms with E-state index in [1.54, 1.807) is 0 Å². The first-order valence-electron chi connectivity index (χ1n) is 4.76. The maximum atomic E-state index is 11.2. The van der Waals surface area contributed by atoms with Crippen LogP contribution >= 0.6 is 0 Å². The summed E-state index contributed by atoms with van der Waals surface area (Å²) in [7, 11) is 0. The highest BCUT2D eigenvalue weighted by atomic mass is 16.4. The number of hydrogen-bond donors (Lipinski definition) is 1. The average Bonchev–Trinajstić information content (AvgIpc) is 2.61.